The second kappa shape index (κ2) is 5.09. The fourth-order valence-corrected chi connectivity index (χ4v) is 1.98. The molecule has 0 heterocycles. The van der Waals surface area contributed by atoms with Crippen LogP contribution in [-0.2, 0) is 12.4 Å². The Balaban J connectivity index is 2.79. The quantitative estimate of drug-likeness (QED) is 0.610. The zero-order valence-electron chi connectivity index (χ0n) is 10.7. The van der Waals surface area contributed by atoms with Crippen molar-refractivity contribution in [1.29, 1.82) is 0 Å². The lowest BCUT2D eigenvalue weighted by molar-refractivity contribution is -0.142. The summed E-state index contributed by atoms with van der Waals surface area (Å²) in [5, 5.41) is 0. The maximum atomic E-state index is 13.0. The Morgan fingerprint density at radius 3 is 1.57 bits per heavy atom. The van der Waals surface area contributed by atoms with Crippen molar-refractivity contribution in [2.75, 3.05) is 0 Å². The zero-order valence-corrected chi connectivity index (χ0v) is 10.7. The minimum absolute atomic E-state index is 0.130. The second-order valence-corrected chi connectivity index (χ2v) is 4.52. The number of aryl methyl sites for hydroxylation is 1. The lowest BCUT2D eigenvalue weighted by atomic mass is 9.93. The molecular formula is C15H9F6. The van der Waals surface area contributed by atoms with Crippen LogP contribution >= 0.6 is 0 Å². The average molecular weight is 303 g/mol. The molecule has 0 nitrogen and oxygen atoms in total. The molecule has 0 aromatic heterocycles. The van der Waals surface area contributed by atoms with E-state index in [2.05, 4.69) is 0 Å². The predicted octanol–water partition coefficient (Wildman–Crippen LogP) is 5.50. The number of hydrogen-bond donors (Lipinski definition) is 0. The normalized spacial score (nSPS) is 12.5. The Bertz CT molecular complexity index is 602. The summed E-state index contributed by atoms with van der Waals surface area (Å²) in [5.74, 6) is 0. The average Bonchev–Trinajstić information content (AvgIpc) is 2.37. The smallest absolute Gasteiger partial charge is 0.166 e. The maximum Gasteiger partial charge on any atom is 0.417 e. The van der Waals surface area contributed by atoms with Gasteiger partial charge in [-0.2, -0.15) is 26.3 Å². The molecule has 0 bridgehead atoms. The summed E-state index contributed by atoms with van der Waals surface area (Å²) in [7, 11) is 0. The lowest BCUT2D eigenvalue weighted by Gasteiger charge is -2.18. The number of halogens is 6. The van der Waals surface area contributed by atoms with Gasteiger partial charge in [0, 0.05) is 5.56 Å². The SMILES string of the molecule is Cc1ccc(-c2c(C(F)(F)F)c[c]cc2C(F)(F)F)cc1. The van der Waals surface area contributed by atoms with E-state index in [9.17, 15) is 26.3 Å². The van der Waals surface area contributed by atoms with Crippen molar-refractivity contribution in [3.05, 3.63) is 59.2 Å². The number of benzene rings is 2. The highest BCUT2D eigenvalue weighted by Crippen LogP contribution is 2.44. The fourth-order valence-electron chi connectivity index (χ4n) is 1.98. The summed E-state index contributed by atoms with van der Waals surface area (Å²) < 4.78 is 78.0. The van der Waals surface area contributed by atoms with Crippen LogP contribution in [0.2, 0.25) is 0 Å². The van der Waals surface area contributed by atoms with E-state index in [1.165, 1.54) is 24.3 Å². The first-order valence-electron chi connectivity index (χ1n) is 5.86. The van der Waals surface area contributed by atoms with E-state index in [1.54, 1.807) is 6.92 Å². The summed E-state index contributed by atoms with van der Waals surface area (Å²) in [4.78, 5) is 0. The topological polar surface area (TPSA) is 0 Å². The largest absolute Gasteiger partial charge is 0.417 e. The van der Waals surface area contributed by atoms with Gasteiger partial charge in [0.25, 0.3) is 0 Å². The number of rotatable bonds is 1. The van der Waals surface area contributed by atoms with Crippen LogP contribution in [0.3, 0.4) is 0 Å². The van der Waals surface area contributed by atoms with Crippen molar-refractivity contribution >= 4 is 0 Å². The summed E-state index contributed by atoms with van der Waals surface area (Å²) in [6, 6.07) is 8.41. The maximum absolute atomic E-state index is 13.0. The molecule has 0 atom stereocenters. The Kier molecular flexibility index (Phi) is 3.74. The first-order chi connectivity index (χ1) is 9.60. The third-order valence-electron chi connectivity index (χ3n) is 2.95. The minimum atomic E-state index is -4.89. The van der Waals surface area contributed by atoms with Gasteiger partial charge in [0.05, 0.1) is 11.1 Å². The fraction of sp³-hybridized carbons (Fsp3) is 0.200. The first kappa shape index (κ1) is 15.4. The molecule has 2 aromatic carbocycles. The Morgan fingerprint density at radius 1 is 0.762 bits per heavy atom. The van der Waals surface area contributed by atoms with Crippen molar-refractivity contribution in [1.82, 2.24) is 0 Å². The van der Waals surface area contributed by atoms with Crippen LogP contribution in [0.25, 0.3) is 11.1 Å². The summed E-state index contributed by atoms with van der Waals surface area (Å²) in [6.07, 6.45) is -9.78. The van der Waals surface area contributed by atoms with Gasteiger partial charge < -0.3 is 0 Å². The molecule has 0 unspecified atom stereocenters. The zero-order chi connectivity index (χ0) is 15.8. The van der Waals surface area contributed by atoms with E-state index in [0.29, 0.717) is 12.1 Å². The van der Waals surface area contributed by atoms with Gasteiger partial charge in [0.15, 0.2) is 0 Å². The molecule has 6 heteroatoms. The van der Waals surface area contributed by atoms with Crippen molar-refractivity contribution in [2.24, 2.45) is 0 Å². The Morgan fingerprint density at radius 2 is 1.19 bits per heavy atom. The van der Waals surface area contributed by atoms with Gasteiger partial charge in [0.1, 0.15) is 0 Å². The van der Waals surface area contributed by atoms with Gasteiger partial charge in [-0.25, -0.2) is 0 Å². The van der Waals surface area contributed by atoms with Gasteiger partial charge in [0.2, 0.25) is 0 Å². The van der Waals surface area contributed by atoms with Crippen LogP contribution in [-0.4, -0.2) is 0 Å². The highest BCUT2D eigenvalue weighted by molar-refractivity contribution is 5.72. The molecule has 0 saturated heterocycles. The highest BCUT2D eigenvalue weighted by atomic mass is 19.4. The van der Waals surface area contributed by atoms with Crippen LogP contribution in [0.4, 0.5) is 26.3 Å². The highest BCUT2D eigenvalue weighted by Gasteiger charge is 2.40. The molecule has 2 rings (SSSR count). The number of alkyl halides is 6. The molecule has 2 aromatic rings. The third kappa shape index (κ3) is 3.20. The van der Waals surface area contributed by atoms with E-state index >= 15 is 0 Å². The Hall–Kier alpha value is -1.98. The van der Waals surface area contributed by atoms with Gasteiger partial charge in [-0.15, -0.1) is 0 Å². The lowest BCUT2D eigenvalue weighted by Crippen LogP contribution is -2.14. The minimum Gasteiger partial charge on any atom is -0.166 e. The van der Waals surface area contributed by atoms with Gasteiger partial charge >= 0.3 is 12.4 Å². The molecule has 0 N–H and O–H groups in total. The van der Waals surface area contributed by atoms with Crippen LogP contribution in [0.1, 0.15) is 16.7 Å². The molecular weight excluding hydrogens is 294 g/mol. The predicted molar refractivity (Wildman–Crippen MR) is 65.5 cm³/mol. The van der Waals surface area contributed by atoms with E-state index in [-0.39, 0.29) is 5.56 Å². The van der Waals surface area contributed by atoms with Crippen LogP contribution < -0.4 is 0 Å². The van der Waals surface area contributed by atoms with Crippen LogP contribution in [0, 0.1) is 13.0 Å². The van der Waals surface area contributed by atoms with E-state index in [1.807, 2.05) is 6.07 Å². The van der Waals surface area contributed by atoms with Gasteiger partial charge in [-0.1, -0.05) is 29.8 Å². The van der Waals surface area contributed by atoms with Crippen molar-refractivity contribution < 1.29 is 26.3 Å². The van der Waals surface area contributed by atoms with Crippen molar-refractivity contribution in [3.63, 3.8) is 0 Å². The summed E-state index contributed by atoms with van der Waals surface area (Å²) >= 11 is 0. The third-order valence-corrected chi connectivity index (χ3v) is 2.95. The molecule has 111 valence electrons. The summed E-state index contributed by atoms with van der Waals surface area (Å²) in [6.45, 7) is 1.69. The molecule has 0 amide bonds. The van der Waals surface area contributed by atoms with Crippen molar-refractivity contribution in [2.45, 2.75) is 19.3 Å². The molecule has 0 fully saturated rings. The number of hydrogen-bond acceptors (Lipinski definition) is 0. The molecule has 0 saturated carbocycles. The first-order valence-corrected chi connectivity index (χ1v) is 5.86. The standard InChI is InChI=1S/C15H9F6/c1-9-5-7-10(8-6-9)13-11(14(16,17)18)3-2-4-12(13)15(19,20)21/h3-8H,1H3. The van der Waals surface area contributed by atoms with E-state index < -0.39 is 29.0 Å². The van der Waals surface area contributed by atoms with Gasteiger partial charge in [-0.05, 0) is 30.7 Å². The monoisotopic (exact) mass is 303 g/mol. The second-order valence-electron chi connectivity index (χ2n) is 4.52. The molecule has 1 radical (unpaired) electrons. The van der Waals surface area contributed by atoms with Crippen LogP contribution in [0.5, 0.6) is 0 Å². The molecule has 21 heavy (non-hydrogen) atoms. The van der Waals surface area contributed by atoms with Gasteiger partial charge in [-0.3, -0.25) is 0 Å². The Labute approximate surface area is 117 Å². The molecule has 0 aliphatic rings. The summed E-state index contributed by atoms with van der Waals surface area (Å²) in [5.41, 5.74) is -2.95. The van der Waals surface area contributed by atoms with Crippen LogP contribution in [0.15, 0.2) is 36.4 Å². The van der Waals surface area contributed by atoms with Crippen molar-refractivity contribution in [3.8, 4) is 11.1 Å². The van der Waals surface area contributed by atoms with E-state index in [0.717, 1.165) is 5.56 Å². The molecule has 0 aliphatic heterocycles. The molecule has 0 spiro atoms. The molecule has 0 aliphatic carbocycles. The van der Waals surface area contributed by atoms with E-state index in [4.69, 9.17) is 0 Å².